The van der Waals surface area contributed by atoms with E-state index in [1.807, 2.05) is 7.05 Å². The summed E-state index contributed by atoms with van der Waals surface area (Å²) in [6, 6.07) is 0. The van der Waals surface area contributed by atoms with Crippen molar-refractivity contribution in [2.75, 3.05) is 26.7 Å². The molecule has 84 valence electrons. The lowest BCUT2D eigenvalue weighted by molar-refractivity contribution is -0.0725. The van der Waals surface area contributed by atoms with Crippen LogP contribution in [0, 0.1) is 0 Å². The summed E-state index contributed by atoms with van der Waals surface area (Å²) < 4.78 is 5.70. The summed E-state index contributed by atoms with van der Waals surface area (Å²) in [5, 5.41) is 3.34. The van der Waals surface area contributed by atoms with Gasteiger partial charge >= 0.3 is 0 Å². The topological polar surface area (TPSA) is 24.5 Å². The van der Waals surface area contributed by atoms with Crippen molar-refractivity contribution < 1.29 is 4.74 Å². The van der Waals surface area contributed by atoms with Gasteiger partial charge in [0, 0.05) is 25.2 Å². The minimum Gasteiger partial charge on any atom is -0.373 e. The van der Waals surface area contributed by atoms with Gasteiger partial charge in [-0.05, 0) is 34.7 Å². The molecule has 1 N–H and O–H groups in total. The van der Waals surface area contributed by atoms with E-state index in [4.69, 9.17) is 4.74 Å². The second-order valence-corrected chi connectivity index (χ2v) is 5.09. The molecule has 0 aromatic heterocycles. The molecule has 0 aromatic rings. The fourth-order valence-corrected chi connectivity index (χ4v) is 2.05. The Bertz CT molecular complexity index is 172. The number of hydrogen-bond donors (Lipinski definition) is 1. The molecular formula is C11H24N2O. The van der Waals surface area contributed by atoms with Crippen LogP contribution < -0.4 is 5.32 Å². The third-order valence-corrected chi connectivity index (χ3v) is 2.79. The Kier molecular flexibility index (Phi) is 3.93. The van der Waals surface area contributed by atoms with Crippen molar-refractivity contribution >= 4 is 0 Å². The van der Waals surface area contributed by atoms with Crippen molar-refractivity contribution in [1.29, 1.82) is 0 Å². The molecule has 1 aliphatic heterocycles. The van der Waals surface area contributed by atoms with Crippen molar-refractivity contribution in [3.8, 4) is 0 Å². The Morgan fingerprint density at radius 1 is 1.29 bits per heavy atom. The number of morpholine rings is 1. The first-order chi connectivity index (χ1) is 6.43. The molecule has 0 radical (unpaired) electrons. The monoisotopic (exact) mass is 200 g/mol. The lowest BCUT2D eigenvalue weighted by Gasteiger charge is -2.39. The van der Waals surface area contributed by atoms with Crippen molar-refractivity contribution in [3.63, 3.8) is 0 Å². The van der Waals surface area contributed by atoms with Gasteiger partial charge in [-0.25, -0.2) is 0 Å². The minimum absolute atomic E-state index is 0.191. The molecular weight excluding hydrogens is 176 g/mol. The van der Waals surface area contributed by atoms with E-state index in [2.05, 4.69) is 37.9 Å². The van der Waals surface area contributed by atoms with Gasteiger partial charge in [0.05, 0.1) is 12.2 Å². The lowest BCUT2D eigenvalue weighted by atomic mass is 10.0. The molecule has 2 atom stereocenters. The average molecular weight is 200 g/mol. The van der Waals surface area contributed by atoms with E-state index >= 15 is 0 Å². The Hall–Kier alpha value is -0.120. The van der Waals surface area contributed by atoms with E-state index in [0.29, 0.717) is 12.2 Å². The second-order valence-electron chi connectivity index (χ2n) is 5.09. The van der Waals surface area contributed by atoms with Crippen LogP contribution in [0.25, 0.3) is 0 Å². The SMILES string of the molecule is CNC(C)(C)CN1C[C@@H](C)O[C@@H](C)C1. The number of ether oxygens (including phenoxy) is 1. The first-order valence-electron chi connectivity index (χ1n) is 5.49. The van der Waals surface area contributed by atoms with Gasteiger partial charge in [0.15, 0.2) is 0 Å². The summed E-state index contributed by atoms with van der Waals surface area (Å²) in [6.07, 6.45) is 0.734. The zero-order valence-corrected chi connectivity index (χ0v) is 10.1. The summed E-state index contributed by atoms with van der Waals surface area (Å²) in [4.78, 5) is 2.48. The number of nitrogens with zero attached hydrogens (tertiary/aromatic N) is 1. The lowest BCUT2D eigenvalue weighted by Crippen LogP contribution is -2.53. The van der Waals surface area contributed by atoms with Gasteiger partial charge in [0.1, 0.15) is 0 Å². The van der Waals surface area contributed by atoms with E-state index in [-0.39, 0.29) is 5.54 Å². The maximum atomic E-state index is 5.70. The van der Waals surface area contributed by atoms with Crippen LogP contribution in [0.5, 0.6) is 0 Å². The van der Waals surface area contributed by atoms with Crippen molar-refractivity contribution in [2.24, 2.45) is 0 Å². The van der Waals surface area contributed by atoms with Crippen LogP contribution in [0.4, 0.5) is 0 Å². The van der Waals surface area contributed by atoms with Crippen LogP contribution in [0.3, 0.4) is 0 Å². The average Bonchev–Trinajstić information content (AvgIpc) is 2.01. The summed E-state index contributed by atoms with van der Waals surface area (Å²) in [6.45, 7) is 12.0. The van der Waals surface area contributed by atoms with E-state index in [1.54, 1.807) is 0 Å². The van der Waals surface area contributed by atoms with Crippen LogP contribution in [-0.4, -0.2) is 49.3 Å². The van der Waals surface area contributed by atoms with Crippen LogP contribution in [0.1, 0.15) is 27.7 Å². The van der Waals surface area contributed by atoms with E-state index < -0.39 is 0 Å². The molecule has 1 rings (SSSR count). The Labute approximate surface area is 87.8 Å². The largest absolute Gasteiger partial charge is 0.373 e. The van der Waals surface area contributed by atoms with Crippen molar-refractivity contribution in [3.05, 3.63) is 0 Å². The smallest absolute Gasteiger partial charge is 0.0678 e. The Morgan fingerprint density at radius 3 is 2.21 bits per heavy atom. The minimum atomic E-state index is 0.191. The van der Waals surface area contributed by atoms with Gasteiger partial charge in [-0.3, -0.25) is 4.90 Å². The van der Waals surface area contributed by atoms with Crippen LogP contribution in [0.2, 0.25) is 0 Å². The van der Waals surface area contributed by atoms with E-state index in [0.717, 1.165) is 19.6 Å². The zero-order chi connectivity index (χ0) is 10.8. The van der Waals surface area contributed by atoms with Gasteiger partial charge in [0.2, 0.25) is 0 Å². The zero-order valence-electron chi connectivity index (χ0n) is 10.1. The molecule has 1 saturated heterocycles. The summed E-state index contributed by atoms with van der Waals surface area (Å²) in [5.41, 5.74) is 0.191. The first kappa shape index (κ1) is 12.0. The Balaban J connectivity index is 2.44. The van der Waals surface area contributed by atoms with E-state index in [1.165, 1.54) is 0 Å². The van der Waals surface area contributed by atoms with Crippen LogP contribution >= 0.6 is 0 Å². The third kappa shape index (κ3) is 3.56. The molecule has 0 bridgehead atoms. The highest BCUT2D eigenvalue weighted by Crippen LogP contribution is 2.13. The predicted octanol–water partition coefficient (Wildman–Crippen LogP) is 1.09. The molecule has 0 unspecified atom stereocenters. The highest BCUT2D eigenvalue weighted by molar-refractivity contribution is 4.83. The van der Waals surface area contributed by atoms with Gasteiger partial charge in [-0.2, -0.15) is 0 Å². The van der Waals surface area contributed by atoms with Crippen molar-refractivity contribution in [2.45, 2.75) is 45.4 Å². The maximum absolute atomic E-state index is 5.70. The van der Waals surface area contributed by atoms with Gasteiger partial charge in [-0.15, -0.1) is 0 Å². The molecule has 0 saturated carbocycles. The predicted molar refractivity (Wildman–Crippen MR) is 59.6 cm³/mol. The molecule has 0 aliphatic carbocycles. The highest BCUT2D eigenvalue weighted by atomic mass is 16.5. The standard InChI is InChI=1S/C11H24N2O/c1-9-6-13(7-10(2)14-9)8-11(3,4)12-5/h9-10,12H,6-8H2,1-5H3/t9-,10+. The van der Waals surface area contributed by atoms with Crippen LogP contribution in [-0.2, 0) is 4.74 Å². The number of nitrogens with one attached hydrogen (secondary N) is 1. The second kappa shape index (κ2) is 4.60. The fourth-order valence-electron chi connectivity index (χ4n) is 2.05. The highest BCUT2D eigenvalue weighted by Gasteiger charge is 2.26. The van der Waals surface area contributed by atoms with Gasteiger partial charge in [-0.1, -0.05) is 0 Å². The quantitative estimate of drug-likeness (QED) is 0.738. The molecule has 1 fully saturated rings. The molecule has 3 nitrogen and oxygen atoms in total. The Morgan fingerprint density at radius 2 is 1.79 bits per heavy atom. The van der Waals surface area contributed by atoms with E-state index in [9.17, 15) is 0 Å². The van der Waals surface area contributed by atoms with Gasteiger partial charge in [0.25, 0.3) is 0 Å². The van der Waals surface area contributed by atoms with Crippen molar-refractivity contribution in [1.82, 2.24) is 10.2 Å². The summed E-state index contributed by atoms with van der Waals surface area (Å²) in [7, 11) is 2.02. The number of likely N-dealkylation sites (N-methyl/N-ethyl adjacent to an activating group) is 1. The molecule has 3 heteroatoms. The molecule has 0 amide bonds. The first-order valence-corrected chi connectivity index (χ1v) is 5.49. The normalized spacial score (nSPS) is 30.6. The molecule has 14 heavy (non-hydrogen) atoms. The summed E-state index contributed by atoms with van der Waals surface area (Å²) >= 11 is 0. The van der Waals surface area contributed by atoms with Crippen LogP contribution in [0.15, 0.2) is 0 Å². The number of rotatable bonds is 3. The molecule has 0 aromatic carbocycles. The number of hydrogen-bond acceptors (Lipinski definition) is 3. The molecule has 1 aliphatic rings. The van der Waals surface area contributed by atoms with Gasteiger partial charge < -0.3 is 10.1 Å². The fraction of sp³-hybridized carbons (Fsp3) is 1.00. The maximum Gasteiger partial charge on any atom is 0.0678 e. The third-order valence-electron chi connectivity index (χ3n) is 2.79. The molecule has 0 spiro atoms. The summed E-state index contributed by atoms with van der Waals surface area (Å²) in [5.74, 6) is 0. The molecule has 1 heterocycles.